The fourth-order valence-electron chi connectivity index (χ4n) is 5.52. The minimum atomic E-state index is 0.00764. The van der Waals surface area contributed by atoms with Crippen LogP contribution >= 0.6 is 0 Å². The molecule has 36 heavy (non-hydrogen) atoms. The standard InChI is InChI=1S/C27H34N8O/c1-16-8-17(2)10-21(9-16)31-27-30-12-20-14-35(15-24(20)32-27)25-6-7-34(13-18(25)3)26(36)19-4-5-23(33-29)22(28)11-19/h4-5,8-12,18,25,33H,6-7,13-15,28-29H2,1-3H3,(H,30,31,32)/t18-,25?/m1/s1. The van der Waals surface area contributed by atoms with Gasteiger partial charge in [0.1, 0.15) is 0 Å². The number of nitrogens with two attached hydrogens (primary N) is 2. The summed E-state index contributed by atoms with van der Waals surface area (Å²) in [5.41, 5.74) is 15.9. The number of likely N-dealkylation sites (tertiary alicyclic amines) is 1. The van der Waals surface area contributed by atoms with E-state index in [0.29, 0.717) is 47.9 Å². The van der Waals surface area contributed by atoms with E-state index in [1.54, 1.807) is 18.2 Å². The van der Waals surface area contributed by atoms with Gasteiger partial charge < -0.3 is 21.4 Å². The lowest BCUT2D eigenvalue weighted by molar-refractivity contribution is 0.0445. The van der Waals surface area contributed by atoms with Gasteiger partial charge in [-0.05, 0) is 67.6 Å². The molecule has 0 spiro atoms. The van der Waals surface area contributed by atoms with Crippen molar-refractivity contribution in [3.8, 4) is 0 Å². The van der Waals surface area contributed by atoms with Gasteiger partial charge in [-0.15, -0.1) is 0 Å². The van der Waals surface area contributed by atoms with Crippen LogP contribution < -0.4 is 22.3 Å². The Kier molecular flexibility index (Phi) is 6.51. The average Bonchev–Trinajstić information content (AvgIpc) is 3.26. The van der Waals surface area contributed by atoms with E-state index in [2.05, 4.69) is 59.6 Å². The number of hydrogen-bond donors (Lipinski definition) is 4. The summed E-state index contributed by atoms with van der Waals surface area (Å²) in [6, 6.07) is 11.9. The van der Waals surface area contributed by atoms with Gasteiger partial charge in [-0.25, -0.2) is 9.97 Å². The topological polar surface area (TPSA) is 125 Å². The van der Waals surface area contributed by atoms with Crippen LogP contribution in [0, 0.1) is 19.8 Å². The van der Waals surface area contributed by atoms with Gasteiger partial charge in [-0.2, -0.15) is 0 Å². The summed E-state index contributed by atoms with van der Waals surface area (Å²) >= 11 is 0. The van der Waals surface area contributed by atoms with Gasteiger partial charge in [0.2, 0.25) is 5.95 Å². The Morgan fingerprint density at radius 2 is 1.89 bits per heavy atom. The van der Waals surface area contributed by atoms with Crippen LogP contribution in [-0.4, -0.2) is 44.8 Å². The highest BCUT2D eigenvalue weighted by Crippen LogP contribution is 2.31. The predicted octanol–water partition coefficient (Wildman–Crippen LogP) is 3.57. The molecule has 3 heterocycles. The van der Waals surface area contributed by atoms with Gasteiger partial charge in [-0.1, -0.05) is 13.0 Å². The number of carbonyl (C=O) groups is 1. The van der Waals surface area contributed by atoms with E-state index in [9.17, 15) is 4.79 Å². The Balaban J connectivity index is 1.22. The molecule has 188 valence electrons. The summed E-state index contributed by atoms with van der Waals surface area (Å²) in [4.78, 5) is 26.9. The number of hydrogen-bond acceptors (Lipinski definition) is 8. The molecule has 1 aromatic heterocycles. The Labute approximate surface area is 211 Å². The monoisotopic (exact) mass is 486 g/mol. The van der Waals surface area contributed by atoms with Gasteiger partial charge >= 0.3 is 0 Å². The van der Waals surface area contributed by atoms with Gasteiger partial charge in [0.15, 0.2) is 0 Å². The average molecular weight is 487 g/mol. The number of amides is 1. The van der Waals surface area contributed by atoms with E-state index in [0.717, 1.165) is 30.9 Å². The summed E-state index contributed by atoms with van der Waals surface area (Å²) in [6.07, 6.45) is 2.86. The Morgan fingerprint density at radius 3 is 2.58 bits per heavy atom. The van der Waals surface area contributed by atoms with Crippen LogP contribution in [-0.2, 0) is 13.1 Å². The number of rotatable bonds is 5. The van der Waals surface area contributed by atoms with Crippen LogP contribution in [0.1, 0.15) is 46.1 Å². The van der Waals surface area contributed by atoms with Crippen molar-refractivity contribution >= 4 is 28.9 Å². The zero-order chi connectivity index (χ0) is 25.4. The van der Waals surface area contributed by atoms with E-state index in [-0.39, 0.29) is 5.91 Å². The highest BCUT2D eigenvalue weighted by Gasteiger charge is 2.36. The SMILES string of the molecule is Cc1cc(C)cc(Nc2ncc3c(n2)CN(C2CCN(C(=O)c4ccc(NN)c(N)c4)C[C@H]2C)C3)c1. The highest BCUT2D eigenvalue weighted by molar-refractivity contribution is 5.96. The van der Waals surface area contributed by atoms with Crippen LogP contribution in [0.15, 0.2) is 42.6 Å². The van der Waals surface area contributed by atoms with E-state index in [4.69, 9.17) is 16.6 Å². The first-order valence-corrected chi connectivity index (χ1v) is 12.4. The molecule has 0 saturated carbocycles. The zero-order valence-corrected chi connectivity index (χ0v) is 21.1. The summed E-state index contributed by atoms with van der Waals surface area (Å²) in [5.74, 6) is 6.43. The summed E-state index contributed by atoms with van der Waals surface area (Å²) in [7, 11) is 0. The maximum Gasteiger partial charge on any atom is 0.253 e. The number of aromatic nitrogens is 2. The molecule has 2 aliphatic heterocycles. The number of anilines is 4. The molecule has 9 nitrogen and oxygen atoms in total. The molecule has 0 radical (unpaired) electrons. The molecule has 1 unspecified atom stereocenters. The second-order valence-electron chi connectivity index (χ2n) is 10.1. The number of piperidine rings is 1. The van der Waals surface area contributed by atoms with Gasteiger partial charge in [0.05, 0.1) is 17.1 Å². The molecule has 5 rings (SSSR count). The minimum Gasteiger partial charge on any atom is -0.397 e. The largest absolute Gasteiger partial charge is 0.397 e. The number of nitrogens with zero attached hydrogens (tertiary/aromatic N) is 4. The van der Waals surface area contributed by atoms with Gasteiger partial charge in [0, 0.05) is 55.2 Å². The molecule has 0 aliphatic carbocycles. The van der Waals surface area contributed by atoms with Crippen molar-refractivity contribution in [2.45, 2.75) is 46.3 Å². The second kappa shape index (κ2) is 9.75. The molecule has 2 aromatic carbocycles. The lowest BCUT2D eigenvalue weighted by atomic mass is 9.92. The molecule has 6 N–H and O–H groups in total. The third kappa shape index (κ3) is 4.84. The van der Waals surface area contributed by atoms with Crippen LogP contribution in [0.2, 0.25) is 0 Å². The number of aryl methyl sites for hydroxylation is 2. The maximum absolute atomic E-state index is 13.1. The molecule has 2 atom stereocenters. The molecule has 1 fully saturated rings. The van der Waals surface area contributed by atoms with Crippen molar-refractivity contribution in [3.05, 3.63) is 70.5 Å². The van der Waals surface area contributed by atoms with E-state index in [1.807, 2.05) is 11.1 Å². The van der Waals surface area contributed by atoms with Crippen molar-refractivity contribution in [1.29, 1.82) is 0 Å². The number of carbonyl (C=O) groups excluding carboxylic acids is 1. The van der Waals surface area contributed by atoms with E-state index < -0.39 is 0 Å². The van der Waals surface area contributed by atoms with Crippen molar-refractivity contribution in [1.82, 2.24) is 19.8 Å². The molecule has 0 bridgehead atoms. The number of nitrogen functional groups attached to an aromatic ring is 2. The van der Waals surface area contributed by atoms with Crippen molar-refractivity contribution in [2.75, 3.05) is 29.6 Å². The Bertz CT molecular complexity index is 1270. The quantitative estimate of drug-likeness (QED) is 0.245. The number of nitrogens with one attached hydrogen (secondary N) is 2. The van der Waals surface area contributed by atoms with E-state index >= 15 is 0 Å². The molecule has 3 aromatic rings. The van der Waals surface area contributed by atoms with Crippen LogP contribution in [0.5, 0.6) is 0 Å². The molecule has 1 amide bonds. The number of hydrazine groups is 1. The van der Waals surface area contributed by atoms with E-state index in [1.165, 1.54) is 16.7 Å². The third-order valence-electron chi connectivity index (χ3n) is 7.23. The Hall–Kier alpha value is -3.69. The number of fused-ring (bicyclic) bond motifs is 1. The van der Waals surface area contributed by atoms with Crippen LogP contribution in [0.25, 0.3) is 0 Å². The predicted molar refractivity (Wildman–Crippen MR) is 143 cm³/mol. The summed E-state index contributed by atoms with van der Waals surface area (Å²) < 4.78 is 0. The fourth-order valence-corrected chi connectivity index (χ4v) is 5.52. The molecular formula is C27H34N8O. The lowest BCUT2D eigenvalue weighted by Gasteiger charge is -2.41. The molecule has 2 aliphatic rings. The zero-order valence-electron chi connectivity index (χ0n) is 21.1. The second-order valence-corrected chi connectivity index (χ2v) is 10.1. The van der Waals surface area contributed by atoms with Crippen molar-refractivity contribution in [3.63, 3.8) is 0 Å². The first-order valence-electron chi connectivity index (χ1n) is 12.4. The minimum absolute atomic E-state index is 0.00764. The first-order chi connectivity index (χ1) is 17.3. The first kappa shape index (κ1) is 24.0. The summed E-state index contributed by atoms with van der Waals surface area (Å²) in [6.45, 7) is 9.45. The third-order valence-corrected chi connectivity index (χ3v) is 7.23. The fraction of sp³-hybridized carbons (Fsp3) is 0.370. The normalized spacial score (nSPS) is 19.7. The maximum atomic E-state index is 13.1. The Morgan fingerprint density at radius 1 is 1.11 bits per heavy atom. The van der Waals surface area contributed by atoms with Crippen LogP contribution in [0.4, 0.5) is 23.0 Å². The lowest BCUT2D eigenvalue weighted by Crippen LogP contribution is -2.50. The summed E-state index contributed by atoms with van der Waals surface area (Å²) in [5, 5.41) is 3.36. The molecular weight excluding hydrogens is 452 g/mol. The highest BCUT2D eigenvalue weighted by atomic mass is 16.2. The smallest absolute Gasteiger partial charge is 0.253 e. The number of benzene rings is 2. The molecule has 1 saturated heterocycles. The van der Waals surface area contributed by atoms with Crippen molar-refractivity contribution < 1.29 is 4.79 Å². The van der Waals surface area contributed by atoms with Crippen molar-refractivity contribution in [2.24, 2.45) is 11.8 Å². The van der Waals surface area contributed by atoms with Crippen LogP contribution in [0.3, 0.4) is 0 Å². The van der Waals surface area contributed by atoms with Gasteiger partial charge in [-0.3, -0.25) is 15.5 Å². The van der Waals surface area contributed by atoms with Gasteiger partial charge in [0.25, 0.3) is 5.91 Å². The molecule has 9 heteroatoms.